The number of sulfonamides is 1. The van der Waals surface area contributed by atoms with Crippen molar-refractivity contribution in [1.82, 2.24) is 35.1 Å². The maximum Gasteiger partial charge on any atom is 0.421 e. The average molecular weight is 973 g/mol. The van der Waals surface area contributed by atoms with Gasteiger partial charge in [0.25, 0.3) is 11.8 Å². The third-order valence-electron chi connectivity index (χ3n) is 13.8. The number of nitrogens with one attached hydrogen (secondary N) is 3. The van der Waals surface area contributed by atoms with Crippen molar-refractivity contribution in [2.45, 2.75) is 50.9 Å². The maximum atomic E-state index is 14.0. The third-order valence-corrected chi connectivity index (χ3v) is 15.0. The summed E-state index contributed by atoms with van der Waals surface area (Å²) in [4.78, 5) is 69.0. The van der Waals surface area contributed by atoms with Gasteiger partial charge in [0, 0.05) is 103 Å². The minimum Gasteiger partial charge on any atom is -0.371 e. The second-order valence-electron chi connectivity index (χ2n) is 18.2. The summed E-state index contributed by atoms with van der Waals surface area (Å²) in [6.45, 7) is 8.25. The number of rotatable bonds is 13. The fourth-order valence-corrected chi connectivity index (χ4v) is 10.4. The molecule has 1 aromatic heterocycles. The van der Waals surface area contributed by atoms with E-state index in [0.717, 1.165) is 117 Å². The van der Waals surface area contributed by atoms with Crippen LogP contribution in [0.2, 0.25) is 0 Å². The largest absolute Gasteiger partial charge is 0.421 e. The number of hydrogen-bond acceptors (Lipinski definition) is 14. The molecule has 5 aliphatic heterocycles. The van der Waals surface area contributed by atoms with Crippen LogP contribution in [0.15, 0.2) is 72.9 Å². The van der Waals surface area contributed by atoms with E-state index < -0.39 is 51.3 Å². The number of benzene rings is 3. The Bertz CT molecular complexity index is 2710. The van der Waals surface area contributed by atoms with E-state index in [1.165, 1.54) is 7.05 Å². The number of imide groups is 2. The number of carbonyl (C=O) groups is 4. The molecule has 0 saturated carbocycles. The highest BCUT2D eigenvalue weighted by Gasteiger charge is 2.45. The lowest BCUT2D eigenvalue weighted by Gasteiger charge is -2.44. The van der Waals surface area contributed by atoms with Gasteiger partial charge in [-0.05, 0) is 85.7 Å². The molecule has 18 nitrogen and oxygen atoms in total. The fourth-order valence-electron chi connectivity index (χ4n) is 9.91. The number of carbonyl (C=O) groups excluding carboxylic acids is 4. The second-order valence-corrected chi connectivity index (χ2v) is 20.2. The Hall–Kier alpha value is -6.52. The van der Waals surface area contributed by atoms with Gasteiger partial charge in [0.1, 0.15) is 11.4 Å². The number of nitrogens with zero attached hydrogens (tertiary/aromatic N) is 9. The highest BCUT2D eigenvalue weighted by atomic mass is 32.2. The number of fused-ring (bicyclic) bond motifs is 1. The normalized spacial score (nSPS) is 19.3. The van der Waals surface area contributed by atoms with E-state index in [9.17, 15) is 40.8 Å². The van der Waals surface area contributed by atoms with Gasteiger partial charge in [-0.15, -0.1) is 0 Å². The molecule has 4 saturated heterocycles. The van der Waals surface area contributed by atoms with Crippen molar-refractivity contribution in [3.8, 4) is 0 Å². The molecule has 6 heterocycles. The van der Waals surface area contributed by atoms with Crippen LogP contribution in [0.5, 0.6) is 0 Å². The van der Waals surface area contributed by atoms with E-state index in [1.807, 2.05) is 30.3 Å². The van der Waals surface area contributed by atoms with Crippen LogP contribution >= 0.6 is 0 Å². The molecule has 0 bridgehead atoms. The molecule has 22 heteroatoms. The highest BCUT2D eigenvalue weighted by molar-refractivity contribution is 7.92. The lowest BCUT2D eigenvalue weighted by molar-refractivity contribution is -0.137. The van der Waals surface area contributed by atoms with Crippen LogP contribution in [0, 0.1) is 5.92 Å². The molecule has 0 aliphatic carbocycles. The van der Waals surface area contributed by atoms with Gasteiger partial charge in [-0.2, -0.15) is 23.2 Å². The number of piperazine rings is 1. The fraction of sp³-hybridized carbons (Fsp3) is 0.447. The molecule has 0 radical (unpaired) electrons. The van der Waals surface area contributed by atoms with E-state index in [4.69, 9.17) is 0 Å². The first-order chi connectivity index (χ1) is 33.0. The average Bonchev–Trinajstić information content (AvgIpc) is 3.59. The van der Waals surface area contributed by atoms with Gasteiger partial charge in [0.2, 0.25) is 21.9 Å². The quantitative estimate of drug-likeness (QED) is 0.148. The third kappa shape index (κ3) is 10.4. The number of piperidine rings is 2. The van der Waals surface area contributed by atoms with Gasteiger partial charge < -0.3 is 25.3 Å². The SMILES string of the molecule is CN(c1cccc(CNc2nc(Nc3ccc(N4CCC(N5CCN(CC6CCN(c7cccc8c7C(=O)N(N7CCC(=O)NC7=O)C8=O)CC6)CC5)CC4)cc3)ncc2C(F)(F)F)c1)S(C)(=O)=O. The van der Waals surface area contributed by atoms with Crippen LogP contribution in [0.1, 0.15) is 63.9 Å². The monoisotopic (exact) mass is 972 g/mol. The predicted molar refractivity (Wildman–Crippen MR) is 254 cm³/mol. The molecule has 0 spiro atoms. The first kappa shape index (κ1) is 47.5. The maximum absolute atomic E-state index is 14.0. The molecule has 3 N–H and O–H groups in total. The molecule has 4 fully saturated rings. The summed E-state index contributed by atoms with van der Waals surface area (Å²) in [5.41, 5.74) is 2.85. The summed E-state index contributed by atoms with van der Waals surface area (Å²) in [6, 6.07) is 19.1. The van der Waals surface area contributed by atoms with E-state index >= 15 is 0 Å². The number of amides is 5. The lowest BCUT2D eigenvalue weighted by Crippen LogP contribution is -2.58. The van der Waals surface area contributed by atoms with Crippen LogP contribution in [0.25, 0.3) is 0 Å². The minimum atomic E-state index is -4.71. The Morgan fingerprint density at radius 3 is 2.20 bits per heavy atom. The summed E-state index contributed by atoms with van der Waals surface area (Å²) >= 11 is 0. The van der Waals surface area contributed by atoms with Gasteiger partial charge in [0.15, 0.2) is 0 Å². The summed E-state index contributed by atoms with van der Waals surface area (Å²) in [6.07, 6.45) is 1.08. The van der Waals surface area contributed by atoms with Crippen molar-refractivity contribution >= 4 is 68.3 Å². The minimum absolute atomic E-state index is 0.00522. The molecule has 366 valence electrons. The topological polar surface area (TPSA) is 187 Å². The van der Waals surface area contributed by atoms with Crippen molar-refractivity contribution in [2.24, 2.45) is 5.92 Å². The van der Waals surface area contributed by atoms with Crippen LogP contribution in [0.4, 0.5) is 52.5 Å². The number of hydrazine groups is 1. The van der Waals surface area contributed by atoms with Crippen LogP contribution in [-0.2, 0) is 27.5 Å². The van der Waals surface area contributed by atoms with Crippen molar-refractivity contribution in [3.05, 3.63) is 95.2 Å². The van der Waals surface area contributed by atoms with Gasteiger partial charge in [-0.3, -0.25) is 28.9 Å². The van der Waals surface area contributed by atoms with Gasteiger partial charge in [0.05, 0.1) is 35.3 Å². The zero-order valence-electron chi connectivity index (χ0n) is 38.4. The first-order valence-corrected chi connectivity index (χ1v) is 25.0. The molecule has 0 atom stereocenters. The molecule has 5 aliphatic rings. The molecule has 0 unspecified atom stereocenters. The summed E-state index contributed by atoms with van der Waals surface area (Å²) in [7, 11) is -2.12. The number of urea groups is 1. The Morgan fingerprint density at radius 1 is 0.826 bits per heavy atom. The van der Waals surface area contributed by atoms with E-state index in [0.29, 0.717) is 40.1 Å². The standard InChI is InChI=1S/C47H55F3N12O6S/c1-56(69(2,67)68)36-6-3-5-32(27-36)28-51-42-38(47(48,49)50)29-52-45(55-42)53-33-9-11-34(12-10-33)58-20-15-35(16-21-58)59-25-23-57(24-26-59)30-31-13-18-60(19-14-31)39-8-4-7-37-41(39)44(65)62(43(37)64)61-22-17-40(63)54-46(61)66/h3-12,27,29,31,35H,13-26,28,30H2,1-2H3,(H,54,63,66)(H2,51,52,53,55). The molecule has 69 heavy (non-hydrogen) atoms. The van der Waals surface area contributed by atoms with E-state index in [1.54, 1.807) is 36.4 Å². The summed E-state index contributed by atoms with van der Waals surface area (Å²) < 4.78 is 67.0. The molecule has 4 aromatic rings. The van der Waals surface area contributed by atoms with Crippen molar-refractivity contribution in [3.63, 3.8) is 0 Å². The van der Waals surface area contributed by atoms with Gasteiger partial charge >= 0.3 is 12.2 Å². The number of halogens is 3. The van der Waals surface area contributed by atoms with Crippen molar-refractivity contribution in [1.29, 1.82) is 0 Å². The molecule has 3 aromatic carbocycles. The Labute approximate surface area is 398 Å². The second kappa shape index (κ2) is 19.5. The highest BCUT2D eigenvalue weighted by Crippen LogP contribution is 2.37. The summed E-state index contributed by atoms with van der Waals surface area (Å²) in [5, 5.41) is 9.87. The molecular formula is C47H55F3N12O6S. The number of aromatic nitrogens is 2. The van der Waals surface area contributed by atoms with E-state index in [-0.39, 0.29) is 31.0 Å². The van der Waals surface area contributed by atoms with Crippen molar-refractivity contribution in [2.75, 3.05) is 103 Å². The zero-order chi connectivity index (χ0) is 48.6. The Balaban J connectivity index is 0.720. The number of anilines is 6. The van der Waals surface area contributed by atoms with Crippen LogP contribution in [0.3, 0.4) is 0 Å². The van der Waals surface area contributed by atoms with Gasteiger partial charge in [-0.1, -0.05) is 18.2 Å². The molecular weight excluding hydrogens is 918 g/mol. The van der Waals surface area contributed by atoms with Crippen LogP contribution < -0.4 is 30.1 Å². The number of hydrogen-bond donors (Lipinski definition) is 3. The Morgan fingerprint density at radius 2 is 1.52 bits per heavy atom. The van der Waals surface area contributed by atoms with Crippen molar-refractivity contribution < 1.29 is 40.8 Å². The zero-order valence-corrected chi connectivity index (χ0v) is 39.2. The molecule has 9 rings (SSSR count). The van der Waals surface area contributed by atoms with Gasteiger partial charge in [-0.25, -0.2) is 23.2 Å². The Kier molecular flexibility index (Phi) is 13.4. The predicted octanol–water partition coefficient (Wildman–Crippen LogP) is 5.20. The smallest absolute Gasteiger partial charge is 0.371 e. The number of alkyl halides is 3. The van der Waals surface area contributed by atoms with E-state index in [2.05, 4.69) is 45.5 Å². The first-order valence-electron chi connectivity index (χ1n) is 23.2. The summed E-state index contributed by atoms with van der Waals surface area (Å²) in [5.74, 6) is -1.47. The molecule has 5 amide bonds. The lowest BCUT2D eigenvalue weighted by atomic mass is 9.94. The van der Waals surface area contributed by atoms with Crippen LogP contribution in [-0.4, -0.2) is 147 Å².